The maximum Gasteiger partial charge on any atom is 0.248 e. The first-order chi connectivity index (χ1) is 18.9. The summed E-state index contributed by atoms with van der Waals surface area (Å²) in [5, 5.41) is 8.01. The van der Waals surface area contributed by atoms with Gasteiger partial charge < -0.3 is 25.4 Å². The molecule has 5 rings (SSSR count). The maximum absolute atomic E-state index is 12.7. The van der Waals surface area contributed by atoms with Crippen LogP contribution in [0.5, 0.6) is 11.5 Å². The lowest BCUT2D eigenvalue weighted by atomic mass is 9.95. The van der Waals surface area contributed by atoms with Gasteiger partial charge in [-0.3, -0.25) is 4.79 Å². The van der Waals surface area contributed by atoms with E-state index in [1.807, 2.05) is 106 Å². The van der Waals surface area contributed by atoms with Gasteiger partial charge in [0.15, 0.2) is 17.3 Å². The van der Waals surface area contributed by atoms with Crippen molar-refractivity contribution in [2.24, 2.45) is 5.73 Å². The second-order valence-electron chi connectivity index (χ2n) is 9.49. The maximum atomic E-state index is 12.7. The van der Waals surface area contributed by atoms with E-state index in [0.29, 0.717) is 47.8 Å². The van der Waals surface area contributed by atoms with Crippen LogP contribution in [0, 0.1) is 0 Å². The number of allylic oxidation sites excluding steroid dienone is 1. The third kappa shape index (κ3) is 5.29. The minimum absolute atomic E-state index is 0.405. The summed E-state index contributed by atoms with van der Waals surface area (Å²) >= 11 is 0. The zero-order chi connectivity index (χ0) is 27.5. The standard InChI is InChI=1S/C30H32N6O3/c1-5-38-25-17-22(13-16-24(25)39-18-20-9-7-6-8-10-20)27-26(28(31)37)19(2)32-30-33-29(34-36(27)30)21-11-14-23(15-12-21)35(3)4/h6-17,27H,5,18H2,1-4H3,(H2,31,37)(H,32,33,34). The van der Waals surface area contributed by atoms with Crippen LogP contribution >= 0.6 is 0 Å². The molecule has 3 N–H and O–H groups in total. The van der Waals surface area contributed by atoms with E-state index in [1.54, 1.807) is 4.68 Å². The van der Waals surface area contributed by atoms with E-state index in [0.717, 1.165) is 22.4 Å². The minimum atomic E-state index is -0.594. The summed E-state index contributed by atoms with van der Waals surface area (Å²) in [5.41, 5.74) is 10.7. The summed E-state index contributed by atoms with van der Waals surface area (Å²) in [6, 6.07) is 23.0. The van der Waals surface area contributed by atoms with Crippen LogP contribution in [0.1, 0.15) is 31.0 Å². The van der Waals surface area contributed by atoms with E-state index >= 15 is 0 Å². The van der Waals surface area contributed by atoms with E-state index in [2.05, 4.69) is 5.32 Å². The van der Waals surface area contributed by atoms with Gasteiger partial charge in [-0.15, -0.1) is 5.10 Å². The lowest BCUT2D eigenvalue weighted by molar-refractivity contribution is -0.115. The summed E-state index contributed by atoms with van der Waals surface area (Å²) in [7, 11) is 3.98. The van der Waals surface area contributed by atoms with Gasteiger partial charge in [0.1, 0.15) is 12.6 Å². The fraction of sp³-hybridized carbons (Fsp3) is 0.233. The minimum Gasteiger partial charge on any atom is -0.490 e. The Kier molecular flexibility index (Phi) is 7.23. The van der Waals surface area contributed by atoms with Gasteiger partial charge in [0.2, 0.25) is 11.9 Å². The van der Waals surface area contributed by atoms with Crippen LogP contribution < -0.4 is 25.4 Å². The molecule has 0 aliphatic carbocycles. The second kappa shape index (κ2) is 10.9. The van der Waals surface area contributed by atoms with Gasteiger partial charge in [0.05, 0.1) is 12.2 Å². The molecule has 39 heavy (non-hydrogen) atoms. The van der Waals surface area contributed by atoms with Gasteiger partial charge in [0, 0.05) is 31.0 Å². The average molecular weight is 525 g/mol. The molecule has 9 nitrogen and oxygen atoms in total. The highest BCUT2D eigenvalue weighted by molar-refractivity contribution is 5.95. The van der Waals surface area contributed by atoms with Gasteiger partial charge in [-0.2, -0.15) is 4.98 Å². The van der Waals surface area contributed by atoms with Crippen molar-refractivity contribution in [1.29, 1.82) is 0 Å². The zero-order valence-corrected chi connectivity index (χ0v) is 22.5. The summed E-state index contributed by atoms with van der Waals surface area (Å²) in [4.78, 5) is 19.4. The molecule has 1 aromatic heterocycles. The number of nitrogens with two attached hydrogens (primary N) is 1. The molecule has 0 radical (unpaired) electrons. The summed E-state index contributed by atoms with van der Waals surface area (Å²) < 4.78 is 13.7. The monoisotopic (exact) mass is 524 g/mol. The van der Waals surface area contributed by atoms with Crippen LogP contribution in [0.15, 0.2) is 84.1 Å². The highest BCUT2D eigenvalue weighted by Gasteiger charge is 2.34. The van der Waals surface area contributed by atoms with Gasteiger partial charge in [-0.05, 0) is 61.4 Å². The highest BCUT2D eigenvalue weighted by atomic mass is 16.5. The first kappa shape index (κ1) is 25.8. The number of amides is 1. The Hall–Kier alpha value is -4.79. The van der Waals surface area contributed by atoms with Gasteiger partial charge in [0.25, 0.3) is 0 Å². The molecule has 1 aliphatic rings. The smallest absolute Gasteiger partial charge is 0.248 e. The molecule has 0 saturated heterocycles. The number of rotatable bonds is 9. The second-order valence-corrected chi connectivity index (χ2v) is 9.49. The predicted octanol–water partition coefficient (Wildman–Crippen LogP) is 4.76. The average Bonchev–Trinajstić information content (AvgIpc) is 3.36. The Morgan fingerprint density at radius 3 is 2.44 bits per heavy atom. The predicted molar refractivity (Wildman–Crippen MR) is 152 cm³/mol. The van der Waals surface area contributed by atoms with Gasteiger partial charge >= 0.3 is 0 Å². The molecular formula is C30H32N6O3. The van der Waals surface area contributed by atoms with Crippen LogP contribution in [0.3, 0.4) is 0 Å². The van der Waals surface area contributed by atoms with Crippen molar-refractivity contribution in [3.63, 3.8) is 0 Å². The largest absolute Gasteiger partial charge is 0.490 e. The van der Waals surface area contributed by atoms with E-state index in [-0.39, 0.29) is 0 Å². The molecule has 1 atom stereocenters. The highest BCUT2D eigenvalue weighted by Crippen LogP contribution is 2.39. The van der Waals surface area contributed by atoms with Crippen LogP contribution in [-0.2, 0) is 11.4 Å². The molecule has 1 amide bonds. The topological polar surface area (TPSA) is 108 Å². The quantitative estimate of drug-likeness (QED) is 0.325. The molecular weight excluding hydrogens is 492 g/mol. The number of hydrogen-bond acceptors (Lipinski definition) is 7. The number of benzene rings is 3. The molecule has 1 aliphatic heterocycles. The van der Waals surface area contributed by atoms with Crippen molar-refractivity contribution in [2.45, 2.75) is 26.5 Å². The lowest BCUT2D eigenvalue weighted by Gasteiger charge is -2.28. The summed E-state index contributed by atoms with van der Waals surface area (Å²) in [6.45, 7) is 4.59. The number of nitrogens with zero attached hydrogens (tertiary/aromatic N) is 4. The first-order valence-electron chi connectivity index (χ1n) is 12.8. The molecule has 4 aromatic rings. The molecule has 9 heteroatoms. The van der Waals surface area contributed by atoms with Crippen LogP contribution in [0.4, 0.5) is 11.6 Å². The van der Waals surface area contributed by atoms with E-state index < -0.39 is 11.9 Å². The summed E-state index contributed by atoms with van der Waals surface area (Å²) in [5.74, 6) is 1.72. The van der Waals surface area contributed by atoms with Crippen LogP contribution in [0.25, 0.3) is 11.4 Å². The van der Waals surface area contributed by atoms with E-state index in [4.69, 9.17) is 25.3 Å². The molecule has 0 bridgehead atoms. The zero-order valence-electron chi connectivity index (χ0n) is 22.5. The molecule has 0 fully saturated rings. The Balaban J connectivity index is 1.53. The van der Waals surface area contributed by atoms with E-state index in [9.17, 15) is 4.79 Å². The number of hydrogen-bond donors (Lipinski definition) is 2. The fourth-order valence-electron chi connectivity index (χ4n) is 4.63. The number of aromatic nitrogens is 3. The Morgan fingerprint density at radius 2 is 1.77 bits per heavy atom. The van der Waals surface area contributed by atoms with Crippen molar-refractivity contribution < 1.29 is 14.3 Å². The molecule has 0 saturated carbocycles. The molecule has 3 aromatic carbocycles. The number of ether oxygens (including phenoxy) is 2. The van der Waals surface area contributed by atoms with Gasteiger partial charge in [-0.25, -0.2) is 4.68 Å². The number of fused-ring (bicyclic) bond motifs is 1. The molecule has 200 valence electrons. The normalized spacial score (nSPS) is 14.4. The molecule has 2 heterocycles. The summed E-state index contributed by atoms with van der Waals surface area (Å²) in [6.07, 6.45) is 0. The molecule has 0 spiro atoms. The van der Waals surface area contributed by atoms with Crippen molar-refractivity contribution in [1.82, 2.24) is 14.8 Å². The number of carbonyl (C=O) groups is 1. The third-order valence-electron chi connectivity index (χ3n) is 6.58. The molecule has 1 unspecified atom stereocenters. The van der Waals surface area contributed by atoms with Crippen molar-refractivity contribution in [2.75, 3.05) is 30.9 Å². The Labute approximate surface area is 227 Å². The number of anilines is 2. The third-order valence-corrected chi connectivity index (χ3v) is 6.58. The van der Waals surface area contributed by atoms with Gasteiger partial charge in [-0.1, -0.05) is 36.4 Å². The van der Waals surface area contributed by atoms with Crippen molar-refractivity contribution in [3.05, 3.63) is 95.2 Å². The van der Waals surface area contributed by atoms with Crippen molar-refractivity contribution in [3.8, 4) is 22.9 Å². The van der Waals surface area contributed by atoms with E-state index in [1.165, 1.54) is 0 Å². The Morgan fingerprint density at radius 1 is 1.03 bits per heavy atom. The van der Waals surface area contributed by atoms with Crippen LogP contribution in [0.2, 0.25) is 0 Å². The van der Waals surface area contributed by atoms with Crippen molar-refractivity contribution >= 4 is 17.5 Å². The number of carbonyl (C=O) groups excluding carboxylic acids is 1. The number of primary amides is 1. The van der Waals surface area contributed by atoms with Crippen LogP contribution in [-0.4, -0.2) is 41.4 Å². The lowest BCUT2D eigenvalue weighted by Crippen LogP contribution is -2.31. The first-order valence-corrected chi connectivity index (χ1v) is 12.8. The fourth-order valence-corrected chi connectivity index (χ4v) is 4.63. The Bertz CT molecular complexity index is 1510. The number of nitrogens with one attached hydrogen (secondary N) is 1. The SMILES string of the molecule is CCOc1cc(C2C(C(N)=O)=C(C)Nc3nc(-c4ccc(N(C)C)cc4)nn32)ccc1OCc1ccccc1.